The third kappa shape index (κ3) is 10.3. The van der Waals surface area contributed by atoms with Gasteiger partial charge in [-0.05, 0) is 18.4 Å². The van der Waals surface area contributed by atoms with E-state index in [2.05, 4.69) is 9.47 Å². The van der Waals surface area contributed by atoms with Crippen LogP contribution in [0.1, 0.15) is 38.9 Å². The first-order valence-corrected chi connectivity index (χ1v) is 19.6. The van der Waals surface area contributed by atoms with Crippen LogP contribution in [0, 0.1) is 16.0 Å². The van der Waals surface area contributed by atoms with Gasteiger partial charge in [0, 0.05) is 27.9 Å². The number of rotatable bonds is 24. The van der Waals surface area contributed by atoms with Crippen LogP contribution in [-0.2, 0) is 18.0 Å². The molecule has 11 nitrogen and oxygen atoms in total. The highest BCUT2D eigenvalue weighted by Crippen LogP contribution is 2.65. The Morgan fingerprint density at radius 2 is 0.822 bits per heavy atom. The van der Waals surface area contributed by atoms with Crippen molar-refractivity contribution in [2.75, 3.05) is 27.9 Å². The molecule has 1 aromatic rings. The molecule has 73 heavy (non-hydrogen) atoms. The first kappa shape index (κ1) is 66.5. The fourth-order valence-electron chi connectivity index (χ4n) is 5.29. The van der Waals surface area contributed by atoms with E-state index in [4.69, 9.17) is 18.0 Å². The highest BCUT2D eigenvalue weighted by Gasteiger charge is 2.96. The van der Waals surface area contributed by atoms with Gasteiger partial charge in [0.25, 0.3) is 5.69 Å². The van der Waals surface area contributed by atoms with Gasteiger partial charge in [-0.2, -0.15) is 132 Å². The zero-order valence-corrected chi connectivity index (χ0v) is 36.6. The van der Waals surface area contributed by atoms with Gasteiger partial charge < -0.3 is 27.5 Å². The minimum absolute atomic E-state index is 0.227. The summed E-state index contributed by atoms with van der Waals surface area (Å²) in [5.41, 5.74) is -4.57. The molecule has 0 saturated heterocycles. The number of carbonyl (C=O) groups is 1. The van der Waals surface area contributed by atoms with Crippen LogP contribution in [0.25, 0.3) is 0 Å². The average Bonchev–Trinajstić information content (AvgIpc) is 3.21. The molecule has 0 aromatic heterocycles. The molecule has 1 atom stereocenters. The highest BCUT2D eigenvalue weighted by atomic mass is 28.4. The van der Waals surface area contributed by atoms with Crippen molar-refractivity contribution in [3.8, 4) is 11.5 Å². The maximum Gasteiger partial charge on any atom is 0.637 e. The molecule has 0 aliphatic carbocycles. The van der Waals surface area contributed by atoms with Crippen molar-refractivity contribution in [1.82, 2.24) is 4.57 Å². The number of benzene rings is 1. The third-order valence-corrected chi connectivity index (χ3v) is 11.9. The molecule has 0 aliphatic heterocycles. The molecule has 0 saturated carbocycles. The van der Waals surface area contributed by atoms with E-state index in [0.29, 0.717) is 18.4 Å². The smallest absolute Gasteiger partial charge is 0.441 e. The van der Waals surface area contributed by atoms with Crippen molar-refractivity contribution in [3.05, 3.63) is 27.8 Å². The van der Waals surface area contributed by atoms with Gasteiger partial charge >= 0.3 is 98.9 Å². The Morgan fingerprint density at radius 3 is 1.08 bits per heavy atom. The quantitative estimate of drug-likeness (QED) is 0.0431. The fraction of sp³-hybridized carbons (Fsp3) is 0.774. The number of hydrogen-bond donors (Lipinski definition) is 0. The zero-order chi connectivity index (χ0) is 58.8. The van der Waals surface area contributed by atoms with E-state index in [9.17, 15) is 129 Å². The van der Waals surface area contributed by atoms with Gasteiger partial charge in [-0.25, -0.2) is 4.79 Å². The average molecular weight is 1170 g/mol. The van der Waals surface area contributed by atoms with E-state index in [-0.39, 0.29) is 6.42 Å². The van der Waals surface area contributed by atoms with Crippen LogP contribution in [0.5, 0.6) is 11.5 Å². The number of nitro benzene ring substituents is 1. The number of hydrogen-bond acceptors (Lipinski definition) is 9. The predicted octanol–water partition coefficient (Wildman–Crippen LogP) is 12.9. The van der Waals surface area contributed by atoms with Crippen LogP contribution < -0.4 is 9.47 Å². The van der Waals surface area contributed by atoms with Gasteiger partial charge in [-0.1, -0.05) is 20.8 Å². The molecule has 0 aliphatic rings. The van der Waals surface area contributed by atoms with Gasteiger partial charge in [0.15, 0.2) is 11.5 Å². The minimum Gasteiger partial charge on any atom is -0.441 e. The normalized spacial score (nSPS) is 15.6. The second-order valence-corrected chi connectivity index (χ2v) is 17.2. The Kier molecular flexibility index (Phi) is 18.1. The maximum atomic E-state index is 15.2. The standard InChI is InChI=1S/C31H26F30N2O9Si/c1-7-8-62(73(67-4,68-5)69-6)17(64)70-16(11(2)3)12-9-14(71-30(58,59)26(48,49)22(40,41)18(32,33)20(36,37)24(44,45)28(52,53)54)15(10-13(12)63(65)66)72-31(60,61)27(50,51)23(42,43)19(34,35)21(38,39)25(46,47)29(55,56)57/h9-11,16H,7-8H2,1-6H3. The topological polar surface area (TPSA) is 119 Å². The van der Waals surface area contributed by atoms with Crippen LogP contribution in [0.3, 0.4) is 0 Å². The maximum absolute atomic E-state index is 15.2. The molecule has 1 rings (SSSR count). The number of alkyl halides is 30. The zero-order valence-electron chi connectivity index (χ0n) is 35.6. The molecule has 1 unspecified atom stereocenters. The number of halogens is 30. The summed E-state index contributed by atoms with van der Waals surface area (Å²) in [6.07, 6.45) is -38.2. The van der Waals surface area contributed by atoms with Gasteiger partial charge in [0.05, 0.1) is 16.6 Å². The molecule has 0 bridgehead atoms. The summed E-state index contributed by atoms with van der Waals surface area (Å²) in [7, 11) is -2.38. The van der Waals surface area contributed by atoms with Crippen molar-refractivity contribution in [2.24, 2.45) is 5.92 Å². The van der Waals surface area contributed by atoms with E-state index >= 15 is 17.6 Å². The van der Waals surface area contributed by atoms with E-state index < -0.39 is 157 Å². The number of carbonyl (C=O) groups excluding carboxylic acids is 1. The molecular formula is C31H26F30N2O9Si. The monoisotopic (exact) mass is 1170 g/mol. The van der Waals surface area contributed by atoms with Crippen LogP contribution in [-0.4, -0.2) is 136 Å². The van der Waals surface area contributed by atoms with Crippen LogP contribution in [0.15, 0.2) is 12.1 Å². The van der Waals surface area contributed by atoms with E-state index in [0.717, 1.165) is 21.3 Å². The van der Waals surface area contributed by atoms with Crippen molar-refractivity contribution in [1.29, 1.82) is 0 Å². The van der Waals surface area contributed by atoms with Gasteiger partial charge in [-0.15, -0.1) is 0 Å². The second kappa shape index (κ2) is 19.9. The molecule has 0 radical (unpaired) electrons. The molecular weight excluding hydrogens is 1140 g/mol. The van der Waals surface area contributed by atoms with Crippen LogP contribution in [0.4, 0.5) is 142 Å². The van der Waals surface area contributed by atoms with Gasteiger partial charge in [0.1, 0.15) is 6.10 Å². The van der Waals surface area contributed by atoms with E-state index in [1.165, 1.54) is 6.92 Å². The predicted molar refractivity (Wildman–Crippen MR) is 174 cm³/mol. The Balaban J connectivity index is 4.66. The van der Waals surface area contributed by atoms with Crippen molar-refractivity contribution in [3.63, 3.8) is 0 Å². The molecule has 0 fully saturated rings. The Bertz CT molecular complexity index is 2120. The number of ether oxygens (including phenoxy) is 3. The number of amides is 1. The number of nitro groups is 1. The molecule has 0 spiro atoms. The van der Waals surface area contributed by atoms with Gasteiger partial charge in [-0.3, -0.25) is 14.7 Å². The highest BCUT2D eigenvalue weighted by molar-refractivity contribution is 6.60. The molecule has 428 valence electrons. The van der Waals surface area contributed by atoms with Crippen molar-refractivity contribution in [2.45, 2.75) is 117 Å². The Hall–Kier alpha value is -4.51. The summed E-state index contributed by atoms with van der Waals surface area (Å²) < 4.78 is 444. The van der Waals surface area contributed by atoms with Gasteiger partial charge in [0.2, 0.25) is 0 Å². The summed E-state index contributed by atoms with van der Waals surface area (Å²) in [4.78, 5) is 23.4. The largest absolute Gasteiger partial charge is 0.637 e. The van der Waals surface area contributed by atoms with Crippen molar-refractivity contribution < 1.29 is 169 Å². The molecule has 1 aromatic carbocycles. The summed E-state index contributed by atoms with van der Waals surface area (Å²) in [6, 6.07) is -2.66. The fourth-order valence-corrected chi connectivity index (χ4v) is 7.23. The molecule has 42 heteroatoms. The SMILES string of the molecule is CCCN(C(=O)OC(c1cc(OC(F)(F)C(F)(F)C(F)(F)C(F)(F)C(F)(F)C(F)(F)C(F)(F)F)c(OC(F)(F)C(F)(F)C(F)(F)C(F)(F)C(F)(F)C(F)(F)C(F)(F)F)cc1[N+](=O)[O-])C(C)C)[Si](OC)(OC)OC. The summed E-state index contributed by atoms with van der Waals surface area (Å²) in [5, 5.41) is 12.1. The number of nitrogens with zero attached hydrogens (tertiary/aromatic N) is 2. The lowest BCUT2D eigenvalue weighted by Gasteiger charge is -2.41. The lowest BCUT2D eigenvalue weighted by Crippen LogP contribution is -2.73. The minimum atomic E-state index is -9.21. The lowest BCUT2D eigenvalue weighted by molar-refractivity contribution is -0.466. The Morgan fingerprint density at radius 1 is 0.534 bits per heavy atom. The molecule has 0 N–H and O–H groups in total. The van der Waals surface area contributed by atoms with E-state index in [1.54, 1.807) is 0 Å². The lowest BCUT2D eigenvalue weighted by atomic mass is 9.93. The van der Waals surface area contributed by atoms with Crippen LogP contribution in [0.2, 0.25) is 0 Å². The third-order valence-electron chi connectivity index (χ3n) is 9.28. The summed E-state index contributed by atoms with van der Waals surface area (Å²) in [6.45, 7) is 1.87. The molecule has 0 heterocycles. The van der Waals surface area contributed by atoms with Crippen molar-refractivity contribution >= 4 is 20.7 Å². The molecule has 1 amide bonds. The second-order valence-electron chi connectivity index (χ2n) is 14.4. The first-order valence-electron chi connectivity index (χ1n) is 18.0. The summed E-state index contributed by atoms with van der Waals surface area (Å²) in [5.74, 6) is -99.4. The van der Waals surface area contributed by atoms with E-state index in [1.807, 2.05) is 0 Å². The summed E-state index contributed by atoms with van der Waals surface area (Å²) >= 11 is 0. The van der Waals surface area contributed by atoms with Crippen LogP contribution >= 0.6 is 0 Å². The first-order chi connectivity index (χ1) is 31.9. The Labute approximate surface area is 385 Å².